The predicted molar refractivity (Wildman–Crippen MR) is 111 cm³/mol. The quantitative estimate of drug-likeness (QED) is 0.644. The average Bonchev–Trinajstić information content (AvgIpc) is 2.67. The molecule has 3 rings (SSSR count). The molecule has 27 heavy (non-hydrogen) atoms. The zero-order chi connectivity index (χ0) is 19.2. The number of methoxy groups -OCH3 is 1. The molecule has 1 aromatic heterocycles. The Morgan fingerprint density at radius 3 is 2.56 bits per heavy atom. The minimum Gasteiger partial charge on any atom is -0.495 e. The Hall–Kier alpha value is -3.08. The number of anilines is 3. The number of nitrogens with zero attached hydrogens (tertiary/aromatic N) is 3. The molecule has 1 N–H and O–H groups in total. The number of rotatable bonds is 7. The molecule has 0 amide bonds. The Bertz CT molecular complexity index is 880. The number of aryl methyl sites for hydroxylation is 1. The number of aromatic nitrogens is 2. The third kappa shape index (κ3) is 4.76. The van der Waals surface area contributed by atoms with Gasteiger partial charge in [-0.2, -0.15) is 4.98 Å². The van der Waals surface area contributed by atoms with Crippen molar-refractivity contribution in [2.24, 2.45) is 0 Å². The van der Waals surface area contributed by atoms with Crippen LogP contribution in [0.1, 0.15) is 25.0 Å². The molecule has 0 aliphatic carbocycles. The zero-order valence-corrected chi connectivity index (χ0v) is 16.3. The summed E-state index contributed by atoms with van der Waals surface area (Å²) < 4.78 is 5.44. The summed E-state index contributed by atoms with van der Waals surface area (Å²) in [7, 11) is 1.66. The van der Waals surface area contributed by atoms with Crippen LogP contribution in [0, 0.1) is 6.92 Å². The van der Waals surface area contributed by atoms with E-state index >= 15 is 0 Å². The Morgan fingerprint density at radius 2 is 1.85 bits per heavy atom. The van der Waals surface area contributed by atoms with Gasteiger partial charge < -0.3 is 15.0 Å². The smallest absolute Gasteiger partial charge is 0.229 e. The summed E-state index contributed by atoms with van der Waals surface area (Å²) in [6.07, 6.45) is 1.79. The van der Waals surface area contributed by atoms with Crippen LogP contribution >= 0.6 is 0 Å². The van der Waals surface area contributed by atoms with Gasteiger partial charge in [0.05, 0.1) is 12.8 Å². The van der Waals surface area contributed by atoms with Crippen LogP contribution < -0.4 is 15.0 Å². The predicted octanol–water partition coefficient (Wildman–Crippen LogP) is 4.95. The highest BCUT2D eigenvalue weighted by Crippen LogP contribution is 2.28. The summed E-state index contributed by atoms with van der Waals surface area (Å²) in [4.78, 5) is 11.4. The molecule has 0 radical (unpaired) electrons. The van der Waals surface area contributed by atoms with Gasteiger partial charge in [0.15, 0.2) is 0 Å². The topological polar surface area (TPSA) is 50.3 Å². The van der Waals surface area contributed by atoms with E-state index in [-0.39, 0.29) is 0 Å². The van der Waals surface area contributed by atoms with E-state index in [2.05, 4.69) is 53.3 Å². The molecule has 0 atom stereocenters. The Labute approximate surface area is 161 Å². The van der Waals surface area contributed by atoms with Crippen LogP contribution in [-0.2, 0) is 6.54 Å². The molecule has 0 bridgehead atoms. The standard InChI is InChI=1S/C22H26N4O/c1-16(2)26(15-18-8-6-5-7-9-18)21-12-13-23-22(25-21)24-19-14-17(3)10-11-20(19)27-4/h5-14,16H,15H2,1-4H3,(H,23,24,25). The first-order chi connectivity index (χ1) is 13.1. The van der Waals surface area contributed by atoms with Crippen molar-refractivity contribution >= 4 is 17.5 Å². The van der Waals surface area contributed by atoms with Crippen molar-refractivity contribution in [1.29, 1.82) is 0 Å². The highest BCUT2D eigenvalue weighted by molar-refractivity contribution is 5.64. The van der Waals surface area contributed by atoms with Crippen LogP contribution in [0.25, 0.3) is 0 Å². The molecule has 5 heteroatoms. The van der Waals surface area contributed by atoms with Crippen molar-refractivity contribution in [3.05, 3.63) is 71.9 Å². The average molecular weight is 362 g/mol. The summed E-state index contributed by atoms with van der Waals surface area (Å²) in [5, 5.41) is 3.29. The molecule has 5 nitrogen and oxygen atoms in total. The number of nitrogens with one attached hydrogen (secondary N) is 1. The van der Waals surface area contributed by atoms with Crippen molar-refractivity contribution < 1.29 is 4.74 Å². The van der Waals surface area contributed by atoms with Crippen LogP contribution in [0.2, 0.25) is 0 Å². The minimum absolute atomic E-state index is 0.307. The molecular weight excluding hydrogens is 336 g/mol. The van der Waals surface area contributed by atoms with Gasteiger partial charge in [-0.3, -0.25) is 0 Å². The maximum absolute atomic E-state index is 5.44. The molecule has 3 aromatic rings. The van der Waals surface area contributed by atoms with Gasteiger partial charge >= 0.3 is 0 Å². The van der Waals surface area contributed by atoms with Gasteiger partial charge in [0.2, 0.25) is 5.95 Å². The third-order valence-electron chi connectivity index (χ3n) is 4.36. The Morgan fingerprint density at radius 1 is 1.07 bits per heavy atom. The van der Waals surface area contributed by atoms with Gasteiger partial charge in [0.25, 0.3) is 0 Å². The first-order valence-corrected chi connectivity index (χ1v) is 9.12. The fourth-order valence-corrected chi connectivity index (χ4v) is 2.92. The molecule has 0 aliphatic heterocycles. The van der Waals surface area contributed by atoms with E-state index in [1.807, 2.05) is 37.3 Å². The number of hydrogen-bond acceptors (Lipinski definition) is 5. The highest BCUT2D eigenvalue weighted by Gasteiger charge is 2.14. The van der Waals surface area contributed by atoms with E-state index in [0.717, 1.165) is 29.4 Å². The molecule has 0 spiro atoms. The third-order valence-corrected chi connectivity index (χ3v) is 4.36. The lowest BCUT2D eigenvalue weighted by molar-refractivity contribution is 0.416. The fourth-order valence-electron chi connectivity index (χ4n) is 2.92. The van der Waals surface area contributed by atoms with Crippen molar-refractivity contribution in [3.63, 3.8) is 0 Å². The van der Waals surface area contributed by atoms with Crippen molar-refractivity contribution in [3.8, 4) is 5.75 Å². The zero-order valence-electron chi connectivity index (χ0n) is 16.3. The lowest BCUT2D eigenvalue weighted by Gasteiger charge is -2.28. The largest absolute Gasteiger partial charge is 0.495 e. The lowest BCUT2D eigenvalue weighted by Crippen LogP contribution is -2.31. The number of benzene rings is 2. The van der Waals surface area contributed by atoms with E-state index in [9.17, 15) is 0 Å². The maximum atomic E-state index is 5.44. The molecule has 0 saturated heterocycles. The lowest BCUT2D eigenvalue weighted by atomic mass is 10.2. The van der Waals surface area contributed by atoms with Crippen molar-refractivity contribution in [1.82, 2.24) is 9.97 Å². The molecule has 2 aromatic carbocycles. The van der Waals surface area contributed by atoms with Gasteiger partial charge in [-0.05, 0) is 50.1 Å². The normalized spacial score (nSPS) is 10.7. The summed E-state index contributed by atoms with van der Waals surface area (Å²) >= 11 is 0. The second kappa shape index (κ2) is 8.54. The maximum Gasteiger partial charge on any atom is 0.229 e. The summed E-state index contributed by atoms with van der Waals surface area (Å²) in [5.74, 6) is 2.20. The van der Waals surface area contributed by atoms with Gasteiger partial charge in [-0.25, -0.2) is 4.98 Å². The molecule has 0 fully saturated rings. The molecular formula is C22H26N4O. The number of ether oxygens (including phenoxy) is 1. The van der Waals surface area contributed by atoms with E-state index in [1.54, 1.807) is 13.3 Å². The van der Waals surface area contributed by atoms with Gasteiger partial charge in [-0.15, -0.1) is 0 Å². The second-order valence-corrected chi connectivity index (χ2v) is 6.77. The van der Waals surface area contributed by atoms with Crippen LogP contribution in [0.3, 0.4) is 0 Å². The molecule has 140 valence electrons. The first-order valence-electron chi connectivity index (χ1n) is 9.12. The van der Waals surface area contributed by atoms with Gasteiger partial charge in [-0.1, -0.05) is 36.4 Å². The summed E-state index contributed by atoms with van der Waals surface area (Å²) in [5.41, 5.74) is 3.25. The summed E-state index contributed by atoms with van der Waals surface area (Å²) in [6.45, 7) is 7.18. The van der Waals surface area contributed by atoms with E-state index in [1.165, 1.54) is 5.56 Å². The Balaban J connectivity index is 1.86. The van der Waals surface area contributed by atoms with Crippen LogP contribution in [0.15, 0.2) is 60.8 Å². The number of hydrogen-bond donors (Lipinski definition) is 1. The van der Waals surface area contributed by atoms with E-state index < -0.39 is 0 Å². The first kappa shape index (κ1) is 18.7. The van der Waals surface area contributed by atoms with E-state index in [4.69, 9.17) is 9.72 Å². The van der Waals surface area contributed by atoms with Crippen molar-refractivity contribution in [2.75, 3.05) is 17.3 Å². The molecule has 1 heterocycles. The molecule has 0 unspecified atom stereocenters. The van der Waals surface area contributed by atoms with Gasteiger partial charge in [0, 0.05) is 18.8 Å². The molecule has 0 aliphatic rings. The van der Waals surface area contributed by atoms with Crippen LogP contribution in [-0.4, -0.2) is 23.1 Å². The monoisotopic (exact) mass is 362 g/mol. The second-order valence-electron chi connectivity index (χ2n) is 6.77. The molecule has 0 saturated carbocycles. The minimum atomic E-state index is 0.307. The SMILES string of the molecule is COc1ccc(C)cc1Nc1nccc(N(Cc2ccccc2)C(C)C)n1. The van der Waals surface area contributed by atoms with Gasteiger partial charge in [0.1, 0.15) is 11.6 Å². The highest BCUT2D eigenvalue weighted by atomic mass is 16.5. The van der Waals surface area contributed by atoms with Crippen molar-refractivity contribution in [2.45, 2.75) is 33.4 Å². The Kier molecular flexibility index (Phi) is 5.91. The van der Waals surface area contributed by atoms with E-state index in [0.29, 0.717) is 12.0 Å². The summed E-state index contributed by atoms with van der Waals surface area (Å²) in [6, 6.07) is 18.7. The fraction of sp³-hybridized carbons (Fsp3) is 0.273. The van der Waals surface area contributed by atoms with Crippen LogP contribution in [0.5, 0.6) is 5.75 Å². The van der Waals surface area contributed by atoms with Crippen LogP contribution in [0.4, 0.5) is 17.5 Å².